The van der Waals surface area contributed by atoms with E-state index in [1.807, 2.05) is 43.3 Å². The molecule has 0 heterocycles. The molecule has 3 rings (SSSR count). The summed E-state index contributed by atoms with van der Waals surface area (Å²) < 4.78 is 27.2. The lowest BCUT2D eigenvalue weighted by atomic mass is 10.0. The summed E-state index contributed by atoms with van der Waals surface area (Å²) in [5.74, 6) is -0.891. The number of carbonyl (C=O) groups is 2. The fourth-order valence-electron chi connectivity index (χ4n) is 4.69. The zero-order valence-electron chi connectivity index (χ0n) is 23.9. The van der Waals surface area contributed by atoms with Crippen molar-refractivity contribution in [1.82, 2.24) is 10.2 Å². The number of nitrogens with one attached hydrogen (secondary N) is 1. The van der Waals surface area contributed by atoms with Crippen molar-refractivity contribution in [2.24, 2.45) is 0 Å². The monoisotopic (exact) mass is 617 g/mol. The van der Waals surface area contributed by atoms with E-state index in [0.29, 0.717) is 39.0 Å². The average molecular weight is 619 g/mol. The first-order valence-corrected chi connectivity index (χ1v) is 16.1. The number of carbonyl (C=O) groups excluding carboxylic acids is 2. The number of unbranched alkanes of at least 4 members (excludes halogenated alkanes) is 1. The molecule has 0 bridgehead atoms. The van der Waals surface area contributed by atoms with E-state index >= 15 is 0 Å². The quantitative estimate of drug-likeness (QED) is 0.241. The van der Waals surface area contributed by atoms with Gasteiger partial charge in [0.25, 0.3) is 0 Å². The Hall–Kier alpha value is -3.07. The molecule has 0 saturated heterocycles. The lowest BCUT2D eigenvalue weighted by molar-refractivity contribution is -0.140. The zero-order valence-corrected chi connectivity index (χ0v) is 26.2. The standard InChI is InChI=1S/C31H37Cl2N3O4S/c1-5-6-18-34-31(38)28(19-24-14-8-7-9-15-24)35(20-25-26(32)16-11-17-27(25)33)29(37)21-36(41(4,39)40)30-22(2)12-10-13-23(30)3/h7-17,28H,5-6,18-21H2,1-4H3,(H,34,38)/t28-/m0/s1. The van der Waals surface area contributed by atoms with E-state index in [-0.39, 0.29) is 18.9 Å². The zero-order chi connectivity index (χ0) is 30.2. The van der Waals surface area contributed by atoms with Gasteiger partial charge in [0.2, 0.25) is 21.8 Å². The number of amides is 2. The lowest BCUT2D eigenvalue weighted by Gasteiger charge is -2.34. The minimum atomic E-state index is -3.87. The molecule has 0 spiro atoms. The van der Waals surface area contributed by atoms with Crippen LogP contribution in [0.3, 0.4) is 0 Å². The Labute approximate surface area is 253 Å². The van der Waals surface area contributed by atoms with Crippen LogP contribution in [-0.2, 0) is 32.6 Å². The second kappa shape index (κ2) is 14.7. The maximum Gasteiger partial charge on any atom is 0.244 e. The normalized spacial score (nSPS) is 12.0. The van der Waals surface area contributed by atoms with Gasteiger partial charge in [-0.25, -0.2) is 8.42 Å². The SMILES string of the molecule is CCCCNC(=O)[C@H](Cc1ccccc1)N(Cc1c(Cl)cccc1Cl)C(=O)CN(c1c(C)cccc1C)S(C)(=O)=O. The van der Waals surface area contributed by atoms with Crippen molar-refractivity contribution in [3.8, 4) is 0 Å². The molecule has 0 aliphatic carbocycles. The third-order valence-electron chi connectivity index (χ3n) is 6.86. The minimum absolute atomic E-state index is 0.0829. The van der Waals surface area contributed by atoms with Gasteiger partial charge in [0.1, 0.15) is 12.6 Å². The third-order valence-corrected chi connectivity index (χ3v) is 8.68. The number of para-hydroxylation sites is 1. The number of halogens is 2. The third kappa shape index (κ3) is 8.71. The van der Waals surface area contributed by atoms with Gasteiger partial charge in [0.05, 0.1) is 11.9 Å². The highest BCUT2D eigenvalue weighted by Crippen LogP contribution is 2.29. The average Bonchev–Trinajstić information content (AvgIpc) is 2.91. The van der Waals surface area contributed by atoms with Gasteiger partial charge in [-0.15, -0.1) is 0 Å². The van der Waals surface area contributed by atoms with Gasteiger partial charge >= 0.3 is 0 Å². The van der Waals surface area contributed by atoms with Gasteiger partial charge in [-0.2, -0.15) is 0 Å². The first kappa shape index (κ1) is 32.4. The van der Waals surface area contributed by atoms with E-state index in [4.69, 9.17) is 23.2 Å². The number of benzene rings is 3. The van der Waals surface area contributed by atoms with E-state index < -0.39 is 28.5 Å². The van der Waals surface area contributed by atoms with Gasteiger partial charge < -0.3 is 10.2 Å². The smallest absolute Gasteiger partial charge is 0.244 e. The maximum atomic E-state index is 14.2. The van der Waals surface area contributed by atoms with Crippen molar-refractivity contribution in [3.05, 3.63) is 99.0 Å². The predicted octanol–water partition coefficient (Wildman–Crippen LogP) is 5.93. The fraction of sp³-hybridized carbons (Fsp3) is 0.355. The number of sulfonamides is 1. The van der Waals surface area contributed by atoms with Crippen LogP contribution < -0.4 is 9.62 Å². The van der Waals surface area contributed by atoms with E-state index in [0.717, 1.165) is 29.0 Å². The second-order valence-corrected chi connectivity index (χ2v) is 12.8. The van der Waals surface area contributed by atoms with E-state index in [1.165, 1.54) is 4.90 Å². The summed E-state index contributed by atoms with van der Waals surface area (Å²) >= 11 is 13.0. The summed E-state index contributed by atoms with van der Waals surface area (Å²) in [6.45, 7) is 5.49. The molecule has 0 saturated carbocycles. The molecule has 10 heteroatoms. The molecule has 3 aromatic rings. The molecule has 0 aliphatic rings. The van der Waals surface area contributed by atoms with Gasteiger partial charge in [-0.3, -0.25) is 13.9 Å². The van der Waals surface area contributed by atoms with Crippen LogP contribution in [0.2, 0.25) is 10.0 Å². The van der Waals surface area contributed by atoms with Crippen LogP contribution in [-0.4, -0.2) is 50.5 Å². The van der Waals surface area contributed by atoms with Crippen molar-refractivity contribution in [3.63, 3.8) is 0 Å². The largest absolute Gasteiger partial charge is 0.354 e. The lowest BCUT2D eigenvalue weighted by Crippen LogP contribution is -2.53. The highest BCUT2D eigenvalue weighted by atomic mass is 35.5. The van der Waals surface area contributed by atoms with Crippen molar-refractivity contribution in [2.45, 2.75) is 52.6 Å². The summed E-state index contributed by atoms with van der Waals surface area (Å²) in [4.78, 5) is 29.3. The summed E-state index contributed by atoms with van der Waals surface area (Å²) in [5.41, 5.74) is 3.18. The predicted molar refractivity (Wildman–Crippen MR) is 167 cm³/mol. The minimum Gasteiger partial charge on any atom is -0.354 e. The van der Waals surface area contributed by atoms with Gasteiger partial charge in [0.15, 0.2) is 0 Å². The molecule has 3 aromatic carbocycles. The molecule has 220 valence electrons. The summed E-state index contributed by atoms with van der Waals surface area (Å²) in [5, 5.41) is 3.64. The summed E-state index contributed by atoms with van der Waals surface area (Å²) in [6.07, 6.45) is 2.96. The molecule has 7 nitrogen and oxygen atoms in total. The molecule has 0 radical (unpaired) electrons. The summed E-state index contributed by atoms with van der Waals surface area (Å²) in [7, 11) is -3.87. The van der Waals surface area contributed by atoms with Crippen LogP contribution in [0.5, 0.6) is 0 Å². The topological polar surface area (TPSA) is 86.8 Å². The molecule has 0 aromatic heterocycles. The molecule has 1 N–H and O–H groups in total. The number of hydrogen-bond donors (Lipinski definition) is 1. The van der Waals surface area contributed by atoms with Crippen LogP contribution in [0, 0.1) is 13.8 Å². The number of anilines is 1. The maximum absolute atomic E-state index is 14.2. The fourth-order valence-corrected chi connectivity index (χ4v) is 6.17. The highest BCUT2D eigenvalue weighted by molar-refractivity contribution is 7.92. The van der Waals surface area contributed by atoms with Gasteiger partial charge in [-0.1, -0.05) is 91.1 Å². The van der Waals surface area contributed by atoms with E-state index in [1.54, 1.807) is 44.2 Å². The second-order valence-electron chi connectivity index (χ2n) is 10.1. The van der Waals surface area contributed by atoms with E-state index in [2.05, 4.69) is 5.32 Å². The van der Waals surface area contributed by atoms with Crippen molar-refractivity contribution < 1.29 is 18.0 Å². The molecule has 41 heavy (non-hydrogen) atoms. The highest BCUT2D eigenvalue weighted by Gasteiger charge is 2.34. The Morgan fingerprint density at radius 3 is 2.05 bits per heavy atom. The van der Waals surface area contributed by atoms with E-state index in [9.17, 15) is 18.0 Å². The Balaban J connectivity index is 2.12. The Morgan fingerprint density at radius 2 is 1.49 bits per heavy atom. The molecule has 1 atom stereocenters. The van der Waals surface area contributed by atoms with Crippen molar-refractivity contribution in [1.29, 1.82) is 0 Å². The number of hydrogen-bond acceptors (Lipinski definition) is 4. The number of nitrogens with zero attached hydrogens (tertiary/aromatic N) is 2. The first-order valence-electron chi connectivity index (χ1n) is 13.5. The van der Waals surface area contributed by atoms with Crippen LogP contribution in [0.25, 0.3) is 0 Å². The van der Waals surface area contributed by atoms with Gasteiger partial charge in [0, 0.05) is 35.1 Å². The van der Waals surface area contributed by atoms with Crippen LogP contribution in [0.1, 0.15) is 42.0 Å². The molecule has 0 aliphatic heterocycles. The van der Waals surface area contributed by atoms with Gasteiger partial charge in [-0.05, 0) is 49.1 Å². The molecular formula is C31H37Cl2N3O4S. The van der Waals surface area contributed by atoms with Crippen LogP contribution in [0.4, 0.5) is 5.69 Å². The van der Waals surface area contributed by atoms with Crippen molar-refractivity contribution >= 4 is 50.7 Å². The molecular weight excluding hydrogens is 581 g/mol. The number of aryl methyl sites for hydroxylation is 2. The summed E-state index contributed by atoms with van der Waals surface area (Å²) in [6, 6.07) is 18.9. The molecule has 2 amide bonds. The molecule has 0 unspecified atom stereocenters. The first-order chi connectivity index (χ1) is 19.4. The molecule has 0 fully saturated rings. The van der Waals surface area contributed by atoms with Crippen LogP contribution in [0.15, 0.2) is 66.7 Å². The number of rotatable bonds is 13. The Bertz CT molecular complexity index is 1420. The van der Waals surface area contributed by atoms with Crippen molar-refractivity contribution in [2.75, 3.05) is 23.7 Å². The Morgan fingerprint density at radius 1 is 0.902 bits per heavy atom. The Kier molecular flexibility index (Phi) is 11.6. The van der Waals surface area contributed by atoms with Crippen LogP contribution >= 0.6 is 23.2 Å².